The van der Waals surface area contributed by atoms with Gasteiger partial charge in [-0.3, -0.25) is 0 Å². The minimum absolute atomic E-state index is 0.193. The Kier molecular flexibility index (Phi) is 4.72. The fraction of sp³-hybridized carbons (Fsp3) is 0.600. The molecule has 0 aliphatic carbocycles. The predicted molar refractivity (Wildman–Crippen MR) is 75.4 cm³/mol. The van der Waals surface area contributed by atoms with Gasteiger partial charge in [0, 0.05) is 18.6 Å². The molecule has 0 aromatic heterocycles. The fourth-order valence-electron chi connectivity index (χ4n) is 1.84. The van der Waals surface area contributed by atoms with Crippen LogP contribution in [0, 0.1) is 13.8 Å². The molecule has 0 amide bonds. The van der Waals surface area contributed by atoms with E-state index in [9.17, 15) is 0 Å². The van der Waals surface area contributed by atoms with Crippen molar-refractivity contribution in [2.24, 2.45) is 0 Å². The van der Waals surface area contributed by atoms with Gasteiger partial charge in [-0.2, -0.15) is 0 Å². The minimum Gasteiger partial charge on any atom is -0.311 e. The Morgan fingerprint density at radius 3 is 2.06 bits per heavy atom. The smallest absolute Gasteiger partial charge is 0.0271 e. The van der Waals surface area contributed by atoms with Gasteiger partial charge in [0.05, 0.1) is 0 Å². The van der Waals surface area contributed by atoms with Crippen LogP contribution in [0.5, 0.6) is 0 Å². The van der Waals surface area contributed by atoms with Gasteiger partial charge >= 0.3 is 0 Å². The lowest BCUT2D eigenvalue weighted by molar-refractivity contribution is 0.190. The minimum atomic E-state index is 0.193. The van der Waals surface area contributed by atoms with Crippen molar-refractivity contribution in [3.63, 3.8) is 0 Å². The molecule has 1 aromatic carbocycles. The third-order valence-electron chi connectivity index (χ3n) is 3.38. The molecule has 0 heterocycles. The molecule has 0 saturated heterocycles. The summed E-state index contributed by atoms with van der Waals surface area (Å²) in [6.07, 6.45) is 0. The number of hydrogen-bond donors (Lipinski definition) is 1. The SMILES string of the molecule is Cc1cc(C)cc(CNCC(C)(C)N(C)C)c1. The molecular weight excluding hydrogens is 208 g/mol. The number of aryl methyl sites for hydroxylation is 2. The second kappa shape index (κ2) is 5.65. The summed E-state index contributed by atoms with van der Waals surface area (Å²) < 4.78 is 0. The molecule has 0 bridgehead atoms. The summed E-state index contributed by atoms with van der Waals surface area (Å²) in [6.45, 7) is 10.7. The van der Waals surface area contributed by atoms with Crippen LogP contribution < -0.4 is 5.32 Å². The molecule has 96 valence electrons. The van der Waals surface area contributed by atoms with E-state index in [0.29, 0.717) is 0 Å². The van der Waals surface area contributed by atoms with E-state index in [0.717, 1.165) is 13.1 Å². The van der Waals surface area contributed by atoms with Crippen molar-refractivity contribution in [2.75, 3.05) is 20.6 Å². The maximum atomic E-state index is 3.54. The van der Waals surface area contributed by atoms with Crippen LogP contribution in [0.25, 0.3) is 0 Å². The van der Waals surface area contributed by atoms with Crippen molar-refractivity contribution in [2.45, 2.75) is 39.8 Å². The zero-order valence-corrected chi connectivity index (χ0v) is 12.1. The largest absolute Gasteiger partial charge is 0.311 e. The molecule has 0 atom stereocenters. The molecule has 2 heteroatoms. The summed E-state index contributed by atoms with van der Waals surface area (Å²) in [4.78, 5) is 2.25. The molecule has 1 rings (SSSR count). The number of nitrogens with zero attached hydrogens (tertiary/aromatic N) is 1. The zero-order chi connectivity index (χ0) is 13.1. The highest BCUT2D eigenvalue weighted by molar-refractivity contribution is 5.28. The molecule has 0 fully saturated rings. The first-order valence-electron chi connectivity index (χ1n) is 6.26. The summed E-state index contributed by atoms with van der Waals surface area (Å²) in [6, 6.07) is 6.72. The van der Waals surface area contributed by atoms with E-state index in [1.54, 1.807) is 0 Å². The van der Waals surface area contributed by atoms with Crippen molar-refractivity contribution in [3.05, 3.63) is 34.9 Å². The highest BCUT2D eigenvalue weighted by atomic mass is 15.2. The van der Waals surface area contributed by atoms with Crippen molar-refractivity contribution >= 4 is 0 Å². The van der Waals surface area contributed by atoms with E-state index in [1.807, 2.05) is 0 Å². The summed E-state index contributed by atoms with van der Waals surface area (Å²) in [5.74, 6) is 0. The summed E-state index contributed by atoms with van der Waals surface area (Å²) in [7, 11) is 4.25. The molecule has 1 aromatic rings. The van der Waals surface area contributed by atoms with Crippen LogP contribution in [0.2, 0.25) is 0 Å². The quantitative estimate of drug-likeness (QED) is 0.843. The van der Waals surface area contributed by atoms with E-state index in [4.69, 9.17) is 0 Å². The molecule has 17 heavy (non-hydrogen) atoms. The maximum Gasteiger partial charge on any atom is 0.0271 e. The van der Waals surface area contributed by atoms with E-state index >= 15 is 0 Å². The van der Waals surface area contributed by atoms with Crippen LogP contribution in [0.15, 0.2) is 18.2 Å². The average Bonchev–Trinajstić information content (AvgIpc) is 2.15. The van der Waals surface area contributed by atoms with Gasteiger partial charge in [-0.1, -0.05) is 29.3 Å². The number of hydrogen-bond acceptors (Lipinski definition) is 2. The maximum absolute atomic E-state index is 3.54. The van der Waals surface area contributed by atoms with Gasteiger partial charge in [0.25, 0.3) is 0 Å². The first kappa shape index (κ1) is 14.2. The number of nitrogens with one attached hydrogen (secondary N) is 1. The standard InChI is InChI=1S/C15H26N2/c1-12-7-13(2)9-14(8-12)10-16-11-15(3,4)17(5)6/h7-9,16H,10-11H2,1-6H3. The summed E-state index contributed by atoms with van der Waals surface area (Å²) in [5, 5.41) is 3.54. The van der Waals surface area contributed by atoms with E-state index in [2.05, 4.69) is 70.2 Å². The first-order valence-corrected chi connectivity index (χ1v) is 6.26. The first-order chi connectivity index (χ1) is 7.81. The van der Waals surface area contributed by atoms with E-state index in [-0.39, 0.29) is 5.54 Å². The third-order valence-corrected chi connectivity index (χ3v) is 3.38. The number of rotatable bonds is 5. The summed E-state index contributed by atoms with van der Waals surface area (Å²) in [5.41, 5.74) is 4.25. The van der Waals surface area contributed by atoms with Gasteiger partial charge in [0.2, 0.25) is 0 Å². The highest BCUT2D eigenvalue weighted by Gasteiger charge is 2.19. The Hall–Kier alpha value is -0.860. The molecule has 0 aliphatic rings. The van der Waals surface area contributed by atoms with Crippen LogP contribution in [-0.4, -0.2) is 31.1 Å². The van der Waals surface area contributed by atoms with E-state index < -0.39 is 0 Å². The highest BCUT2D eigenvalue weighted by Crippen LogP contribution is 2.11. The Morgan fingerprint density at radius 2 is 1.59 bits per heavy atom. The van der Waals surface area contributed by atoms with Gasteiger partial charge in [-0.25, -0.2) is 0 Å². The molecule has 1 N–H and O–H groups in total. The van der Waals surface area contributed by atoms with Gasteiger partial charge < -0.3 is 10.2 Å². The van der Waals surface area contributed by atoms with Gasteiger partial charge in [-0.15, -0.1) is 0 Å². The Balaban J connectivity index is 2.51. The van der Waals surface area contributed by atoms with E-state index in [1.165, 1.54) is 16.7 Å². The number of benzene rings is 1. The van der Waals surface area contributed by atoms with Gasteiger partial charge in [0.15, 0.2) is 0 Å². The third kappa shape index (κ3) is 4.49. The lowest BCUT2D eigenvalue weighted by atomic mass is 10.0. The monoisotopic (exact) mass is 234 g/mol. The van der Waals surface area contributed by atoms with Gasteiger partial charge in [0.1, 0.15) is 0 Å². The van der Waals surface area contributed by atoms with Crippen molar-refractivity contribution in [1.29, 1.82) is 0 Å². The fourth-order valence-corrected chi connectivity index (χ4v) is 1.84. The Labute approximate surface area is 106 Å². The average molecular weight is 234 g/mol. The van der Waals surface area contributed by atoms with Crippen LogP contribution in [0.4, 0.5) is 0 Å². The predicted octanol–water partition coefficient (Wildman–Crippen LogP) is 2.73. The van der Waals surface area contributed by atoms with Crippen LogP contribution >= 0.6 is 0 Å². The zero-order valence-electron chi connectivity index (χ0n) is 12.1. The van der Waals surface area contributed by atoms with Crippen LogP contribution in [0.3, 0.4) is 0 Å². The second-order valence-corrected chi connectivity index (χ2v) is 5.81. The molecule has 0 aliphatic heterocycles. The van der Waals surface area contributed by atoms with Crippen molar-refractivity contribution in [1.82, 2.24) is 10.2 Å². The van der Waals surface area contributed by atoms with Crippen LogP contribution in [-0.2, 0) is 6.54 Å². The number of likely N-dealkylation sites (N-methyl/N-ethyl adjacent to an activating group) is 1. The second-order valence-electron chi connectivity index (χ2n) is 5.81. The summed E-state index contributed by atoms with van der Waals surface area (Å²) >= 11 is 0. The van der Waals surface area contributed by atoms with Crippen LogP contribution in [0.1, 0.15) is 30.5 Å². The van der Waals surface area contributed by atoms with Crippen molar-refractivity contribution in [3.8, 4) is 0 Å². The van der Waals surface area contributed by atoms with Crippen molar-refractivity contribution < 1.29 is 0 Å². The molecule has 2 nitrogen and oxygen atoms in total. The lowest BCUT2D eigenvalue weighted by Crippen LogP contribution is -2.46. The Bertz CT molecular complexity index is 347. The topological polar surface area (TPSA) is 15.3 Å². The molecule has 0 radical (unpaired) electrons. The molecule has 0 unspecified atom stereocenters. The molecule has 0 spiro atoms. The Morgan fingerprint density at radius 1 is 1.06 bits per heavy atom. The van der Waals surface area contributed by atoms with Gasteiger partial charge in [-0.05, 0) is 47.4 Å². The normalized spacial score (nSPS) is 12.2. The lowest BCUT2D eigenvalue weighted by Gasteiger charge is -2.32. The molecular formula is C15H26N2. The molecule has 0 saturated carbocycles.